The van der Waals surface area contributed by atoms with Crippen molar-refractivity contribution in [3.8, 4) is 11.5 Å². The molecule has 6 nitrogen and oxygen atoms in total. The van der Waals surface area contributed by atoms with Crippen molar-refractivity contribution in [3.63, 3.8) is 0 Å². The molecule has 0 fully saturated rings. The minimum Gasteiger partial charge on any atom is -0.490 e. The van der Waals surface area contributed by atoms with Gasteiger partial charge in [0.2, 0.25) is 0 Å². The molecule has 0 aliphatic rings. The van der Waals surface area contributed by atoms with Crippen LogP contribution in [0.1, 0.15) is 17.3 Å². The minimum atomic E-state index is -0.480. The normalized spacial score (nSPS) is 9.92. The molecule has 7 heteroatoms. The van der Waals surface area contributed by atoms with E-state index >= 15 is 0 Å². The maximum atomic E-state index is 11.9. The summed E-state index contributed by atoms with van der Waals surface area (Å²) in [7, 11) is 0. The molecule has 2 amide bonds. The van der Waals surface area contributed by atoms with Crippen LogP contribution in [0.3, 0.4) is 0 Å². The van der Waals surface area contributed by atoms with E-state index in [1.54, 1.807) is 42.5 Å². The maximum absolute atomic E-state index is 11.9. The van der Waals surface area contributed by atoms with E-state index in [1.807, 2.05) is 13.0 Å². The molecular formula is C17H17BrN2O4. The summed E-state index contributed by atoms with van der Waals surface area (Å²) in [6.07, 6.45) is 0. The van der Waals surface area contributed by atoms with E-state index in [2.05, 4.69) is 26.8 Å². The number of amides is 2. The Bertz CT molecular complexity index is 704. The van der Waals surface area contributed by atoms with Gasteiger partial charge in [-0.15, -0.1) is 0 Å². The van der Waals surface area contributed by atoms with Gasteiger partial charge < -0.3 is 9.47 Å². The number of ether oxygens (including phenoxy) is 2. The number of hydrogen-bond acceptors (Lipinski definition) is 4. The average Bonchev–Trinajstić information content (AvgIpc) is 2.60. The Balaban J connectivity index is 1.81. The van der Waals surface area contributed by atoms with Gasteiger partial charge in [0.05, 0.1) is 6.61 Å². The lowest BCUT2D eigenvalue weighted by Gasteiger charge is -2.12. The van der Waals surface area contributed by atoms with E-state index in [9.17, 15) is 9.59 Å². The van der Waals surface area contributed by atoms with Crippen molar-refractivity contribution in [3.05, 3.63) is 58.6 Å². The van der Waals surface area contributed by atoms with E-state index in [1.165, 1.54) is 0 Å². The van der Waals surface area contributed by atoms with E-state index in [0.717, 1.165) is 4.47 Å². The zero-order valence-corrected chi connectivity index (χ0v) is 14.6. The van der Waals surface area contributed by atoms with Crippen LogP contribution < -0.4 is 20.3 Å². The fourth-order valence-electron chi connectivity index (χ4n) is 1.82. The standard InChI is InChI=1S/C17H17BrN2O4/c1-2-23-14-5-3-4-6-15(14)24-11-16(21)19-20-17(22)12-7-9-13(18)10-8-12/h3-10H,2,11H2,1H3,(H,19,21)(H,20,22). The molecule has 0 saturated carbocycles. The topological polar surface area (TPSA) is 76.7 Å². The molecule has 24 heavy (non-hydrogen) atoms. The number of carbonyl (C=O) groups excluding carboxylic acids is 2. The van der Waals surface area contributed by atoms with Crippen LogP contribution in [0.2, 0.25) is 0 Å². The van der Waals surface area contributed by atoms with Crippen molar-refractivity contribution in [2.75, 3.05) is 13.2 Å². The molecule has 0 unspecified atom stereocenters. The number of rotatable bonds is 6. The largest absolute Gasteiger partial charge is 0.490 e. The van der Waals surface area contributed by atoms with Gasteiger partial charge >= 0.3 is 0 Å². The third-order valence-electron chi connectivity index (χ3n) is 2.93. The molecule has 0 bridgehead atoms. The third kappa shape index (κ3) is 5.27. The number of carbonyl (C=O) groups is 2. The number of hydrogen-bond donors (Lipinski definition) is 2. The van der Waals surface area contributed by atoms with Crippen molar-refractivity contribution < 1.29 is 19.1 Å². The summed E-state index contributed by atoms with van der Waals surface area (Å²) in [5.41, 5.74) is 5.06. The first kappa shape index (κ1) is 17.8. The molecule has 0 aromatic heterocycles. The quantitative estimate of drug-likeness (QED) is 0.740. The fraction of sp³-hybridized carbons (Fsp3) is 0.176. The number of hydrazine groups is 1. The molecule has 0 aliphatic heterocycles. The van der Waals surface area contributed by atoms with Gasteiger partial charge in [0, 0.05) is 10.0 Å². The first-order valence-corrected chi connectivity index (χ1v) is 8.09. The van der Waals surface area contributed by atoms with Gasteiger partial charge in [0.1, 0.15) is 0 Å². The van der Waals surface area contributed by atoms with E-state index in [-0.39, 0.29) is 6.61 Å². The Kier molecular flexibility index (Phi) is 6.62. The summed E-state index contributed by atoms with van der Waals surface area (Å²) in [4.78, 5) is 23.6. The van der Waals surface area contributed by atoms with Crippen LogP contribution in [0.25, 0.3) is 0 Å². The molecule has 0 atom stereocenters. The van der Waals surface area contributed by atoms with Gasteiger partial charge in [-0.25, -0.2) is 0 Å². The predicted octanol–water partition coefficient (Wildman–Crippen LogP) is 2.69. The predicted molar refractivity (Wildman–Crippen MR) is 92.9 cm³/mol. The maximum Gasteiger partial charge on any atom is 0.276 e. The van der Waals surface area contributed by atoms with Crippen LogP contribution in [-0.4, -0.2) is 25.0 Å². The molecule has 2 rings (SSSR count). The lowest BCUT2D eigenvalue weighted by atomic mass is 10.2. The second kappa shape index (κ2) is 8.93. The fourth-order valence-corrected chi connectivity index (χ4v) is 2.09. The first-order valence-electron chi connectivity index (χ1n) is 7.29. The summed E-state index contributed by atoms with van der Waals surface area (Å²) in [6.45, 7) is 2.11. The van der Waals surface area contributed by atoms with Crippen molar-refractivity contribution >= 4 is 27.7 Å². The molecule has 2 aromatic carbocycles. The van der Waals surface area contributed by atoms with Crippen LogP contribution >= 0.6 is 15.9 Å². The third-order valence-corrected chi connectivity index (χ3v) is 3.46. The van der Waals surface area contributed by atoms with Crippen molar-refractivity contribution in [1.82, 2.24) is 10.9 Å². The Labute approximate surface area is 148 Å². The average molecular weight is 393 g/mol. The van der Waals surface area contributed by atoms with Crippen LogP contribution in [0.15, 0.2) is 53.0 Å². The van der Waals surface area contributed by atoms with Crippen LogP contribution in [0.5, 0.6) is 11.5 Å². The summed E-state index contributed by atoms with van der Waals surface area (Å²) < 4.78 is 11.7. The summed E-state index contributed by atoms with van der Waals surface area (Å²) >= 11 is 3.29. The number of para-hydroxylation sites is 2. The van der Waals surface area contributed by atoms with Crippen molar-refractivity contribution in [1.29, 1.82) is 0 Å². The van der Waals surface area contributed by atoms with Crippen LogP contribution in [0, 0.1) is 0 Å². The highest BCUT2D eigenvalue weighted by Gasteiger charge is 2.09. The molecule has 0 heterocycles. The molecule has 0 saturated heterocycles. The van der Waals surface area contributed by atoms with Crippen LogP contribution in [0.4, 0.5) is 0 Å². The Morgan fingerprint density at radius 3 is 2.21 bits per heavy atom. The summed E-state index contributed by atoms with van der Waals surface area (Å²) in [5, 5.41) is 0. The number of nitrogens with one attached hydrogen (secondary N) is 2. The monoisotopic (exact) mass is 392 g/mol. The van der Waals surface area contributed by atoms with E-state index in [4.69, 9.17) is 9.47 Å². The first-order chi connectivity index (χ1) is 11.6. The zero-order chi connectivity index (χ0) is 17.4. The highest BCUT2D eigenvalue weighted by atomic mass is 79.9. The second-order valence-corrected chi connectivity index (χ2v) is 5.59. The lowest BCUT2D eigenvalue weighted by molar-refractivity contribution is -0.123. The molecule has 2 N–H and O–H groups in total. The second-order valence-electron chi connectivity index (χ2n) is 4.68. The molecule has 0 spiro atoms. The van der Waals surface area contributed by atoms with Crippen molar-refractivity contribution in [2.24, 2.45) is 0 Å². The van der Waals surface area contributed by atoms with Gasteiger partial charge in [0.25, 0.3) is 11.8 Å². The highest BCUT2D eigenvalue weighted by Crippen LogP contribution is 2.26. The SMILES string of the molecule is CCOc1ccccc1OCC(=O)NNC(=O)c1ccc(Br)cc1. The summed E-state index contributed by atoms with van der Waals surface area (Å²) in [5.74, 6) is 0.137. The van der Waals surface area contributed by atoms with Gasteiger partial charge in [-0.3, -0.25) is 20.4 Å². The number of halogens is 1. The molecular weight excluding hydrogens is 376 g/mol. The molecule has 2 aromatic rings. The Morgan fingerprint density at radius 1 is 0.958 bits per heavy atom. The molecule has 126 valence electrons. The number of benzene rings is 2. The van der Waals surface area contributed by atoms with Gasteiger partial charge in [-0.05, 0) is 43.3 Å². The van der Waals surface area contributed by atoms with E-state index < -0.39 is 11.8 Å². The smallest absolute Gasteiger partial charge is 0.276 e. The Hall–Kier alpha value is -2.54. The highest BCUT2D eigenvalue weighted by molar-refractivity contribution is 9.10. The van der Waals surface area contributed by atoms with Crippen LogP contribution in [-0.2, 0) is 4.79 Å². The van der Waals surface area contributed by atoms with E-state index in [0.29, 0.717) is 23.7 Å². The molecule has 0 radical (unpaired) electrons. The lowest BCUT2D eigenvalue weighted by Crippen LogP contribution is -2.43. The minimum absolute atomic E-state index is 0.245. The molecule has 0 aliphatic carbocycles. The Morgan fingerprint density at radius 2 is 1.58 bits per heavy atom. The summed E-state index contributed by atoms with van der Waals surface area (Å²) in [6, 6.07) is 13.8. The van der Waals surface area contributed by atoms with Gasteiger partial charge in [-0.1, -0.05) is 28.1 Å². The van der Waals surface area contributed by atoms with Gasteiger partial charge in [0.15, 0.2) is 18.1 Å². The van der Waals surface area contributed by atoms with Crippen molar-refractivity contribution in [2.45, 2.75) is 6.92 Å². The zero-order valence-electron chi connectivity index (χ0n) is 13.0. The van der Waals surface area contributed by atoms with Gasteiger partial charge in [-0.2, -0.15) is 0 Å².